The van der Waals surface area contributed by atoms with E-state index in [1.165, 1.54) is 5.56 Å². The Morgan fingerprint density at radius 1 is 0.765 bits per heavy atom. The molecule has 0 aliphatic rings. The first kappa shape index (κ1) is 10.9. The molecule has 0 atom stereocenters. The fourth-order valence-electron chi connectivity index (χ4n) is 1.67. The molecule has 0 saturated carbocycles. The summed E-state index contributed by atoms with van der Waals surface area (Å²) in [5, 5.41) is 17.8. The van der Waals surface area contributed by atoms with Gasteiger partial charge in [0.2, 0.25) is 0 Å². The molecule has 0 fully saturated rings. The molecule has 0 unspecified atom stereocenters. The van der Waals surface area contributed by atoms with Crippen LogP contribution >= 0.6 is 0 Å². The van der Waals surface area contributed by atoms with Crippen LogP contribution in [-0.4, -0.2) is 0 Å². The number of benzene rings is 2. The van der Waals surface area contributed by atoms with E-state index < -0.39 is 0 Å². The van der Waals surface area contributed by atoms with Crippen LogP contribution in [0.5, 0.6) is 0 Å². The molecule has 17 heavy (non-hydrogen) atoms. The summed E-state index contributed by atoms with van der Waals surface area (Å²) in [7, 11) is 0. The Kier molecular flexibility index (Phi) is 2.90. The largest absolute Gasteiger partial charge is 0.192 e. The highest BCUT2D eigenvalue weighted by molar-refractivity contribution is 5.67. The number of hydrogen-bond acceptors (Lipinski definition) is 2. The first-order chi connectivity index (χ1) is 8.22. The van der Waals surface area contributed by atoms with Crippen molar-refractivity contribution < 1.29 is 0 Å². The summed E-state index contributed by atoms with van der Waals surface area (Å²) in [4.78, 5) is 0. The standard InChI is InChI=1S/C15H10N2/c1-11-2-4-14(5-3-11)15-7-12(9-16)6-13(8-15)10-17/h2-8H,1H3. The molecule has 2 nitrogen and oxygen atoms in total. The van der Waals surface area contributed by atoms with Crippen molar-refractivity contribution in [2.75, 3.05) is 0 Å². The van der Waals surface area contributed by atoms with E-state index in [1.54, 1.807) is 18.2 Å². The van der Waals surface area contributed by atoms with Gasteiger partial charge < -0.3 is 0 Å². The summed E-state index contributed by atoms with van der Waals surface area (Å²) in [6.45, 7) is 2.02. The molecular weight excluding hydrogens is 208 g/mol. The maximum absolute atomic E-state index is 8.91. The second-order valence-electron chi connectivity index (χ2n) is 3.89. The zero-order valence-electron chi connectivity index (χ0n) is 9.44. The molecule has 0 aliphatic carbocycles. The van der Waals surface area contributed by atoms with Crippen molar-refractivity contribution in [1.82, 2.24) is 0 Å². The maximum atomic E-state index is 8.91. The Balaban J connectivity index is 2.56. The highest BCUT2D eigenvalue weighted by Gasteiger charge is 2.02. The monoisotopic (exact) mass is 218 g/mol. The quantitative estimate of drug-likeness (QED) is 0.736. The zero-order valence-corrected chi connectivity index (χ0v) is 9.44. The van der Waals surface area contributed by atoms with E-state index in [4.69, 9.17) is 10.5 Å². The van der Waals surface area contributed by atoms with Gasteiger partial charge in [-0.1, -0.05) is 29.8 Å². The van der Waals surface area contributed by atoms with Gasteiger partial charge in [0, 0.05) is 0 Å². The van der Waals surface area contributed by atoms with Gasteiger partial charge in [0.1, 0.15) is 0 Å². The van der Waals surface area contributed by atoms with E-state index in [2.05, 4.69) is 12.1 Å². The molecule has 0 aromatic heterocycles. The second kappa shape index (κ2) is 4.51. The Morgan fingerprint density at radius 2 is 1.29 bits per heavy atom. The number of nitriles is 2. The molecule has 2 aromatic rings. The molecule has 0 N–H and O–H groups in total. The number of rotatable bonds is 1. The highest BCUT2D eigenvalue weighted by atomic mass is 14.3. The third-order valence-electron chi connectivity index (χ3n) is 2.58. The molecule has 2 rings (SSSR count). The summed E-state index contributed by atoms with van der Waals surface area (Å²) >= 11 is 0. The molecular formula is C15H10N2. The summed E-state index contributed by atoms with van der Waals surface area (Å²) < 4.78 is 0. The minimum Gasteiger partial charge on any atom is -0.192 e. The smallest absolute Gasteiger partial charge is 0.0992 e. The lowest BCUT2D eigenvalue weighted by atomic mass is 10.00. The average molecular weight is 218 g/mol. The van der Waals surface area contributed by atoms with Gasteiger partial charge >= 0.3 is 0 Å². The van der Waals surface area contributed by atoms with Gasteiger partial charge in [-0.2, -0.15) is 10.5 Å². The van der Waals surface area contributed by atoms with Gasteiger partial charge in [0.15, 0.2) is 0 Å². The van der Waals surface area contributed by atoms with Gasteiger partial charge in [-0.25, -0.2) is 0 Å². The number of aryl methyl sites for hydroxylation is 1. The SMILES string of the molecule is Cc1ccc(-c2cc(C#N)cc(C#N)c2)cc1. The van der Waals surface area contributed by atoms with Gasteiger partial charge in [0.25, 0.3) is 0 Å². The summed E-state index contributed by atoms with van der Waals surface area (Å²) in [6.07, 6.45) is 0. The zero-order chi connectivity index (χ0) is 12.3. The van der Waals surface area contributed by atoms with Gasteiger partial charge in [0.05, 0.1) is 23.3 Å². The lowest BCUT2D eigenvalue weighted by molar-refractivity contribution is 1.43. The Labute approximate surface area is 100 Å². The van der Waals surface area contributed by atoms with Crippen LogP contribution in [0.25, 0.3) is 11.1 Å². The summed E-state index contributed by atoms with van der Waals surface area (Å²) in [5.41, 5.74) is 4.13. The van der Waals surface area contributed by atoms with Crippen molar-refractivity contribution in [2.24, 2.45) is 0 Å². The molecule has 80 valence electrons. The Hall–Kier alpha value is -2.58. The topological polar surface area (TPSA) is 47.6 Å². The van der Waals surface area contributed by atoms with Crippen LogP contribution in [0, 0.1) is 29.6 Å². The fraction of sp³-hybridized carbons (Fsp3) is 0.0667. The van der Waals surface area contributed by atoms with Crippen molar-refractivity contribution >= 4 is 0 Å². The van der Waals surface area contributed by atoms with E-state index in [1.807, 2.05) is 31.2 Å². The molecule has 2 heteroatoms. The Morgan fingerprint density at radius 3 is 1.76 bits per heavy atom. The summed E-state index contributed by atoms with van der Waals surface area (Å²) in [5.74, 6) is 0. The van der Waals surface area contributed by atoms with Crippen molar-refractivity contribution in [3.63, 3.8) is 0 Å². The van der Waals surface area contributed by atoms with Crippen molar-refractivity contribution in [1.29, 1.82) is 10.5 Å². The lowest BCUT2D eigenvalue weighted by Crippen LogP contribution is -1.84. The molecule has 0 spiro atoms. The normalized spacial score (nSPS) is 9.35. The third-order valence-corrected chi connectivity index (χ3v) is 2.58. The predicted molar refractivity (Wildman–Crippen MR) is 66.0 cm³/mol. The first-order valence-corrected chi connectivity index (χ1v) is 5.25. The van der Waals surface area contributed by atoms with Crippen molar-refractivity contribution in [2.45, 2.75) is 6.92 Å². The highest BCUT2D eigenvalue weighted by Crippen LogP contribution is 2.22. The fourth-order valence-corrected chi connectivity index (χ4v) is 1.67. The van der Waals surface area contributed by atoms with E-state index in [0.29, 0.717) is 11.1 Å². The number of hydrogen-bond donors (Lipinski definition) is 0. The lowest BCUT2D eigenvalue weighted by Gasteiger charge is -2.03. The molecule has 2 aromatic carbocycles. The Bertz CT molecular complexity index is 593. The van der Waals surface area contributed by atoms with Crippen LogP contribution in [0.4, 0.5) is 0 Å². The van der Waals surface area contributed by atoms with Gasteiger partial charge in [-0.3, -0.25) is 0 Å². The van der Waals surface area contributed by atoms with E-state index in [-0.39, 0.29) is 0 Å². The van der Waals surface area contributed by atoms with E-state index >= 15 is 0 Å². The molecule has 0 amide bonds. The third kappa shape index (κ3) is 2.33. The van der Waals surface area contributed by atoms with E-state index in [0.717, 1.165) is 11.1 Å². The molecule has 0 bridgehead atoms. The van der Waals surface area contributed by atoms with Crippen LogP contribution in [0.15, 0.2) is 42.5 Å². The second-order valence-corrected chi connectivity index (χ2v) is 3.89. The van der Waals surface area contributed by atoms with Crippen LogP contribution in [0.1, 0.15) is 16.7 Å². The van der Waals surface area contributed by atoms with Crippen LogP contribution in [0.3, 0.4) is 0 Å². The molecule has 0 heterocycles. The van der Waals surface area contributed by atoms with Crippen LogP contribution in [-0.2, 0) is 0 Å². The minimum atomic E-state index is 0.514. The molecule has 0 radical (unpaired) electrons. The van der Waals surface area contributed by atoms with Crippen molar-refractivity contribution in [3.05, 3.63) is 59.2 Å². The first-order valence-electron chi connectivity index (χ1n) is 5.25. The van der Waals surface area contributed by atoms with Gasteiger partial charge in [-0.15, -0.1) is 0 Å². The molecule has 0 aliphatic heterocycles. The van der Waals surface area contributed by atoms with Crippen LogP contribution < -0.4 is 0 Å². The van der Waals surface area contributed by atoms with Gasteiger partial charge in [-0.05, 0) is 36.2 Å². The average Bonchev–Trinajstić information content (AvgIpc) is 2.39. The number of nitrogens with zero attached hydrogens (tertiary/aromatic N) is 2. The van der Waals surface area contributed by atoms with Crippen molar-refractivity contribution in [3.8, 4) is 23.3 Å². The maximum Gasteiger partial charge on any atom is 0.0992 e. The predicted octanol–water partition coefficient (Wildman–Crippen LogP) is 3.41. The van der Waals surface area contributed by atoms with Crippen LogP contribution in [0.2, 0.25) is 0 Å². The summed E-state index contributed by atoms with van der Waals surface area (Å²) in [6, 6.07) is 17.3. The van der Waals surface area contributed by atoms with E-state index in [9.17, 15) is 0 Å². The molecule has 0 saturated heterocycles. The minimum absolute atomic E-state index is 0.514.